The van der Waals surface area contributed by atoms with E-state index >= 15 is 0 Å². The minimum Gasteiger partial charge on any atom is -0.480 e. The van der Waals surface area contributed by atoms with Gasteiger partial charge in [-0.05, 0) is 34.5 Å². The molecule has 1 saturated heterocycles. The van der Waals surface area contributed by atoms with Crippen molar-refractivity contribution in [3.8, 4) is 0 Å². The molecule has 112 valence electrons. The van der Waals surface area contributed by atoms with Crippen LogP contribution in [0.15, 0.2) is 26.1 Å². The molecule has 1 aliphatic rings. The van der Waals surface area contributed by atoms with Gasteiger partial charge < -0.3 is 9.52 Å². The number of thiocarbonyl (C=S) groups is 1. The molecular weight excluding hydrogens is 378 g/mol. The number of hydrogen-bond donors (Lipinski definition) is 1. The first-order valence-electron chi connectivity index (χ1n) is 6.19. The summed E-state index contributed by atoms with van der Waals surface area (Å²) in [7, 11) is 0. The molecule has 1 atom stereocenters. The summed E-state index contributed by atoms with van der Waals surface area (Å²) < 4.78 is 6.13. The highest BCUT2D eigenvalue weighted by Crippen LogP contribution is 2.35. The van der Waals surface area contributed by atoms with E-state index in [0.29, 0.717) is 28.2 Å². The third kappa shape index (κ3) is 3.56. The predicted molar refractivity (Wildman–Crippen MR) is 87.8 cm³/mol. The van der Waals surface area contributed by atoms with Crippen molar-refractivity contribution in [1.29, 1.82) is 0 Å². The van der Waals surface area contributed by atoms with Gasteiger partial charge in [0, 0.05) is 6.08 Å². The lowest BCUT2D eigenvalue weighted by molar-refractivity contribution is -0.145. The molecular formula is C13H12BrNO4S2. The first kappa shape index (κ1) is 16.3. The van der Waals surface area contributed by atoms with Crippen molar-refractivity contribution in [2.24, 2.45) is 0 Å². The van der Waals surface area contributed by atoms with Gasteiger partial charge >= 0.3 is 5.97 Å². The van der Waals surface area contributed by atoms with Crippen LogP contribution in [0, 0.1) is 0 Å². The molecule has 8 heteroatoms. The Morgan fingerprint density at radius 2 is 2.33 bits per heavy atom. The van der Waals surface area contributed by atoms with Gasteiger partial charge in [-0.25, -0.2) is 4.79 Å². The number of carboxylic acids is 1. The van der Waals surface area contributed by atoms with E-state index in [1.165, 1.54) is 4.90 Å². The van der Waals surface area contributed by atoms with Crippen LogP contribution in [-0.2, 0) is 9.59 Å². The van der Waals surface area contributed by atoms with Gasteiger partial charge in [-0.2, -0.15) is 0 Å². The van der Waals surface area contributed by atoms with E-state index in [4.69, 9.17) is 16.6 Å². The molecule has 1 aromatic rings. The molecule has 2 rings (SSSR count). The summed E-state index contributed by atoms with van der Waals surface area (Å²) in [5, 5.41) is 9.27. The van der Waals surface area contributed by atoms with Gasteiger partial charge in [-0.15, -0.1) is 0 Å². The number of carbonyl (C=O) groups is 2. The molecule has 1 aromatic heterocycles. The van der Waals surface area contributed by atoms with Gasteiger partial charge in [0.05, 0.1) is 4.91 Å². The van der Waals surface area contributed by atoms with Crippen molar-refractivity contribution < 1.29 is 19.1 Å². The zero-order chi connectivity index (χ0) is 15.6. The molecule has 1 unspecified atom stereocenters. The second-order valence-corrected chi connectivity index (χ2v) is 6.79. The number of nitrogens with zero attached hydrogens (tertiary/aromatic N) is 1. The minimum absolute atomic E-state index is 0.262. The summed E-state index contributed by atoms with van der Waals surface area (Å²) in [4.78, 5) is 25.3. The molecule has 21 heavy (non-hydrogen) atoms. The predicted octanol–water partition coefficient (Wildman–Crippen LogP) is 3.50. The number of aliphatic carboxylic acids is 1. The maximum atomic E-state index is 12.4. The highest BCUT2D eigenvalue weighted by Gasteiger charge is 2.40. The zero-order valence-electron chi connectivity index (χ0n) is 11.0. The van der Waals surface area contributed by atoms with Crippen LogP contribution in [0.1, 0.15) is 25.5 Å². The van der Waals surface area contributed by atoms with E-state index in [0.717, 1.165) is 11.8 Å². The van der Waals surface area contributed by atoms with Crippen molar-refractivity contribution >= 4 is 62.2 Å². The van der Waals surface area contributed by atoms with Crippen LogP contribution in [0.5, 0.6) is 0 Å². The molecule has 1 N–H and O–H groups in total. The lowest BCUT2D eigenvalue weighted by Gasteiger charge is -2.22. The fourth-order valence-electron chi connectivity index (χ4n) is 1.92. The standard InChI is InChI=1S/C13H12BrNO4S2/c1-2-3-8(12(17)18)15-11(16)9(21-13(15)20)6-7-4-5-10(14)19-7/h4-6,8H,2-3H2,1H3,(H,17,18)/b9-6+. The van der Waals surface area contributed by atoms with Crippen molar-refractivity contribution in [3.63, 3.8) is 0 Å². The average Bonchev–Trinajstić information content (AvgIpc) is 2.93. The van der Waals surface area contributed by atoms with Gasteiger partial charge in [0.15, 0.2) is 4.67 Å². The van der Waals surface area contributed by atoms with Gasteiger partial charge in [0.2, 0.25) is 0 Å². The number of hydrogen-bond acceptors (Lipinski definition) is 5. The van der Waals surface area contributed by atoms with E-state index in [2.05, 4.69) is 15.9 Å². The van der Waals surface area contributed by atoms with E-state index in [1.54, 1.807) is 18.2 Å². The fraction of sp³-hybridized carbons (Fsp3) is 0.308. The average molecular weight is 390 g/mol. The summed E-state index contributed by atoms with van der Waals surface area (Å²) in [6.07, 6.45) is 2.58. The third-order valence-corrected chi connectivity index (χ3v) is 4.61. The topological polar surface area (TPSA) is 70.8 Å². The molecule has 1 aliphatic heterocycles. The fourth-order valence-corrected chi connectivity index (χ4v) is 3.58. The first-order valence-corrected chi connectivity index (χ1v) is 8.21. The molecule has 0 saturated carbocycles. The molecule has 0 aliphatic carbocycles. The first-order chi connectivity index (χ1) is 9.93. The van der Waals surface area contributed by atoms with Gasteiger partial charge in [0.25, 0.3) is 5.91 Å². The van der Waals surface area contributed by atoms with Crippen LogP contribution in [0.2, 0.25) is 0 Å². The molecule has 0 bridgehead atoms. The van der Waals surface area contributed by atoms with Gasteiger partial charge in [0.1, 0.15) is 16.1 Å². The Bertz CT molecular complexity index is 625. The Hall–Kier alpha value is -1.12. The van der Waals surface area contributed by atoms with Crippen molar-refractivity contribution in [2.45, 2.75) is 25.8 Å². The number of halogens is 1. The van der Waals surface area contributed by atoms with E-state index in [1.807, 2.05) is 6.92 Å². The summed E-state index contributed by atoms with van der Waals surface area (Å²) in [5.41, 5.74) is 0. The molecule has 2 heterocycles. The van der Waals surface area contributed by atoms with Crippen molar-refractivity contribution in [1.82, 2.24) is 4.90 Å². The number of carbonyl (C=O) groups excluding carboxylic acids is 1. The monoisotopic (exact) mass is 389 g/mol. The van der Waals surface area contributed by atoms with Crippen LogP contribution >= 0.6 is 39.9 Å². The minimum atomic E-state index is -1.05. The SMILES string of the molecule is CCCC(C(=O)O)N1C(=O)/C(=C\c2ccc(Br)o2)SC1=S. The zero-order valence-corrected chi connectivity index (χ0v) is 14.3. The number of rotatable bonds is 5. The number of furan rings is 1. The normalized spacial score (nSPS) is 18.6. The lowest BCUT2D eigenvalue weighted by Crippen LogP contribution is -2.43. The second-order valence-electron chi connectivity index (χ2n) is 4.34. The van der Waals surface area contributed by atoms with Crippen LogP contribution in [0.4, 0.5) is 0 Å². The molecule has 1 amide bonds. The number of amides is 1. The molecule has 0 spiro atoms. The second kappa shape index (κ2) is 6.76. The maximum absolute atomic E-state index is 12.4. The summed E-state index contributed by atoms with van der Waals surface area (Å²) in [6, 6.07) is 2.50. The van der Waals surface area contributed by atoms with E-state index in [9.17, 15) is 14.7 Å². The summed E-state index contributed by atoms with van der Waals surface area (Å²) >= 11 is 9.42. The number of carboxylic acid groups (broad SMARTS) is 1. The lowest BCUT2D eigenvalue weighted by atomic mass is 10.1. The molecule has 5 nitrogen and oxygen atoms in total. The Morgan fingerprint density at radius 1 is 1.62 bits per heavy atom. The molecule has 1 fully saturated rings. The van der Waals surface area contributed by atoms with Crippen LogP contribution < -0.4 is 0 Å². The maximum Gasteiger partial charge on any atom is 0.326 e. The Balaban J connectivity index is 2.27. The highest BCUT2D eigenvalue weighted by molar-refractivity contribution is 9.10. The molecule has 0 radical (unpaired) electrons. The van der Waals surface area contributed by atoms with Crippen molar-refractivity contribution in [2.75, 3.05) is 0 Å². The van der Waals surface area contributed by atoms with Crippen LogP contribution in [-0.4, -0.2) is 32.2 Å². The van der Waals surface area contributed by atoms with Crippen LogP contribution in [0.3, 0.4) is 0 Å². The summed E-state index contributed by atoms with van der Waals surface area (Å²) in [6.45, 7) is 1.86. The Labute approximate surface area is 139 Å². The number of thioether (sulfide) groups is 1. The van der Waals surface area contributed by atoms with Crippen LogP contribution in [0.25, 0.3) is 6.08 Å². The van der Waals surface area contributed by atoms with Gasteiger partial charge in [-0.3, -0.25) is 9.69 Å². The largest absolute Gasteiger partial charge is 0.480 e. The Kier molecular flexibility index (Phi) is 5.23. The highest BCUT2D eigenvalue weighted by atomic mass is 79.9. The molecule has 0 aromatic carbocycles. The van der Waals surface area contributed by atoms with Crippen molar-refractivity contribution in [3.05, 3.63) is 27.5 Å². The van der Waals surface area contributed by atoms with E-state index in [-0.39, 0.29) is 4.32 Å². The third-order valence-electron chi connectivity index (χ3n) is 2.85. The Morgan fingerprint density at radius 3 is 2.86 bits per heavy atom. The smallest absolute Gasteiger partial charge is 0.326 e. The summed E-state index contributed by atoms with van der Waals surface area (Å²) in [5.74, 6) is -0.932. The van der Waals surface area contributed by atoms with E-state index < -0.39 is 17.9 Å². The quantitative estimate of drug-likeness (QED) is 0.613. The van der Waals surface area contributed by atoms with Gasteiger partial charge in [-0.1, -0.05) is 37.3 Å².